The van der Waals surface area contributed by atoms with E-state index in [0.717, 1.165) is 26.8 Å². The summed E-state index contributed by atoms with van der Waals surface area (Å²) < 4.78 is 41.4. The molecular formula is C19H11Br2F3N2OS. The second kappa shape index (κ2) is 8.75. The molecule has 9 heteroatoms. The van der Waals surface area contributed by atoms with Gasteiger partial charge in [0.25, 0.3) is 0 Å². The van der Waals surface area contributed by atoms with Crippen LogP contribution in [0.15, 0.2) is 68.7 Å². The van der Waals surface area contributed by atoms with Crippen LogP contribution < -0.4 is 0 Å². The summed E-state index contributed by atoms with van der Waals surface area (Å²) >= 11 is 7.45. The van der Waals surface area contributed by atoms with Crippen molar-refractivity contribution in [1.82, 2.24) is 9.97 Å². The lowest BCUT2D eigenvalue weighted by Crippen LogP contribution is -2.11. The summed E-state index contributed by atoms with van der Waals surface area (Å²) in [5.74, 6) is -0.286. The van der Waals surface area contributed by atoms with E-state index >= 15 is 0 Å². The first-order valence-corrected chi connectivity index (χ1v) is 10.4. The van der Waals surface area contributed by atoms with Crippen molar-refractivity contribution in [3.63, 3.8) is 0 Å². The number of rotatable bonds is 5. The minimum Gasteiger partial charge on any atom is -0.293 e. The highest BCUT2D eigenvalue weighted by atomic mass is 79.9. The molecule has 0 saturated heterocycles. The van der Waals surface area contributed by atoms with Gasteiger partial charge in [0.05, 0.1) is 11.4 Å². The van der Waals surface area contributed by atoms with Gasteiger partial charge in [0.15, 0.2) is 10.9 Å². The lowest BCUT2D eigenvalue weighted by molar-refractivity contribution is -0.141. The number of alkyl halides is 3. The minimum absolute atomic E-state index is 0.0667. The molecule has 0 N–H and O–H groups in total. The fourth-order valence-electron chi connectivity index (χ4n) is 2.25. The number of Topliss-reactive ketones (excluding diaryl/α,β-unsaturated/α-hetero) is 1. The van der Waals surface area contributed by atoms with Gasteiger partial charge in [-0.25, -0.2) is 9.97 Å². The van der Waals surface area contributed by atoms with Crippen LogP contribution in [0.4, 0.5) is 13.2 Å². The quantitative estimate of drug-likeness (QED) is 0.210. The van der Waals surface area contributed by atoms with E-state index in [9.17, 15) is 18.0 Å². The van der Waals surface area contributed by atoms with Crippen molar-refractivity contribution in [3.8, 4) is 11.3 Å². The zero-order chi connectivity index (χ0) is 20.3. The number of carbonyl (C=O) groups is 1. The first kappa shape index (κ1) is 21.0. The summed E-state index contributed by atoms with van der Waals surface area (Å²) in [5, 5.41) is -0.0989. The Morgan fingerprint density at radius 2 is 1.50 bits per heavy atom. The van der Waals surface area contributed by atoms with E-state index in [4.69, 9.17) is 0 Å². The molecule has 2 aromatic carbocycles. The number of ketones is 1. The number of aromatic nitrogens is 2. The third-order valence-electron chi connectivity index (χ3n) is 3.63. The first-order valence-electron chi connectivity index (χ1n) is 7.86. The molecular weight excluding hydrogens is 521 g/mol. The van der Waals surface area contributed by atoms with Crippen LogP contribution in [0.25, 0.3) is 11.3 Å². The highest BCUT2D eigenvalue weighted by molar-refractivity contribution is 9.10. The Hall–Kier alpha value is -1.71. The Morgan fingerprint density at radius 1 is 0.929 bits per heavy atom. The van der Waals surface area contributed by atoms with Crippen molar-refractivity contribution in [2.45, 2.75) is 11.3 Å². The number of hydrogen-bond acceptors (Lipinski definition) is 4. The Morgan fingerprint density at radius 3 is 2.07 bits per heavy atom. The van der Waals surface area contributed by atoms with Crippen molar-refractivity contribution in [1.29, 1.82) is 0 Å². The molecule has 0 atom stereocenters. The number of thioether (sulfide) groups is 1. The predicted octanol–water partition coefficient (Wildman–Crippen LogP) is 6.66. The highest BCUT2D eigenvalue weighted by Crippen LogP contribution is 2.32. The fraction of sp³-hybridized carbons (Fsp3) is 0.105. The van der Waals surface area contributed by atoms with Crippen molar-refractivity contribution in [2.24, 2.45) is 0 Å². The van der Waals surface area contributed by atoms with E-state index in [0.29, 0.717) is 11.1 Å². The normalized spacial score (nSPS) is 11.5. The molecule has 1 heterocycles. The Balaban J connectivity index is 1.87. The van der Waals surface area contributed by atoms with Crippen LogP contribution >= 0.6 is 43.6 Å². The maximum atomic E-state index is 13.3. The molecule has 0 aliphatic carbocycles. The zero-order valence-corrected chi connectivity index (χ0v) is 18.0. The van der Waals surface area contributed by atoms with Crippen LogP contribution in [-0.4, -0.2) is 21.5 Å². The minimum atomic E-state index is -4.61. The Labute approximate surface area is 180 Å². The van der Waals surface area contributed by atoms with Crippen LogP contribution in [0.5, 0.6) is 0 Å². The number of halogens is 5. The van der Waals surface area contributed by atoms with Gasteiger partial charge in [0.2, 0.25) is 0 Å². The van der Waals surface area contributed by atoms with E-state index in [1.54, 1.807) is 48.5 Å². The molecule has 0 radical (unpaired) electrons. The molecule has 0 amide bonds. The van der Waals surface area contributed by atoms with E-state index in [1.807, 2.05) is 0 Å². The molecule has 0 spiro atoms. The Kier molecular flexibility index (Phi) is 6.57. The van der Waals surface area contributed by atoms with Gasteiger partial charge in [-0.15, -0.1) is 0 Å². The summed E-state index contributed by atoms with van der Waals surface area (Å²) in [6, 6.07) is 14.4. The van der Waals surface area contributed by atoms with Crippen LogP contribution in [-0.2, 0) is 6.18 Å². The summed E-state index contributed by atoms with van der Waals surface area (Å²) in [6.45, 7) is 0. The molecule has 0 aliphatic heterocycles. The average molecular weight is 532 g/mol. The molecule has 144 valence electrons. The maximum Gasteiger partial charge on any atom is 0.433 e. The van der Waals surface area contributed by atoms with E-state index in [2.05, 4.69) is 41.8 Å². The van der Waals surface area contributed by atoms with Gasteiger partial charge >= 0.3 is 6.18 Å². The average Bonchev–Trinajstić information content (AvgIpc) is 2.66. The molecule has 0 saturated carbocycles. The number of hydrogen-bond donors (Lipinski definition) is 0. The Bertz CT molecular complexity index is 994. The third kappa shape index (κ3) is 5.42. The molecule has 0 bridgehead atoms. The maximum absolute atomic E-state index is 13.3. The van der Waals surface area contributed by atoms with Gasteiger partial charge in [0, 0.05) is 20.1 Å². The third-order valence-corrected chi connectivity index (χ3v) is 5.54. The predicted molar refractivity (Wildman–Crippen MR) is 109 cm³/mol. The van der Waals surface area contributed by atoms with Crippen molar-refractivity contribution in [3.05, 3.63) is 74.8 Å². The molecule has 0 unspecified atom stereocenters. The summed E-state index contributed by atoms with van der Waals surface area (Å²) in [5.41, 5.74) is 0.0976. The van der Waals surface area contributed by atoms with Gasteiger partial charge in [-0.05, 0) is 30.3 Å². The molecule has 28 heavy (non-hydrogen) atoms. The highest BCUT2D eigenvalue weighted by Gasteiger charge is 2.34. The SMILES string of the molecule is O=C(CSc1nc(-c2ccc(Br)cc2)cc(C(F)(F)F)n1)c1ccc(Br)cc1. The van der Waals surface area contributed by atoms with Crippen LogP contribution in [0.1, 0.15) is 16.1 Å². The van der Waals surface area contributed by atoms with Gasteiger partial charge in [-0.3, -0.25) is 4.79 Å². The van der Waals surface area contributed by atoms with Crippen LogP contribution in [0, 0.1) is 0 Å². The van der Waals surface area contributed by atoms with Gasteiger partial charge in [-0.1, -0.05) is 67.9 Å². The number of carbonyl (C=O) groups excluding carboxylic acids is 1. The molecule has 3 rings (SSSR count). The topological polar surface area (TPSA) is 42.9 Å². The van der Waals surface area contributed by atoms with Crippen molar-refractivity contribution in [2.75, 3.05) is 5.75 Å². The summed E-state index contributed by atoms with van der Waals surface area (Å²) in [6.07, 6.45) is -4.61. The lowest BCUT2D eigenvalue weighted by Gasteiger charge is -2.10. The van der Waals surface area contributed by atoms with Gasteiger partial charge in [-0.2, -0.15) is 13.2 Å². The second-order valence-electron chi connectivity index (χ2n) is 5.64. The van der Waals surface area contributed by atoms with Crippen molar-refractivity contribution >= 4 is 49.4 Å². The summed E-state index contributed by atoms with van der Waals surface area (Å²) in [4.78, 5) is 20.1. The second-order valence-corrected chi connectivity index (χ2v) is 8.42. The van der Waals surface area contributed by atoms with Crippen LogP contribution in [0.2, 0.25) is 0 Å². The van der Waals surface area contributed by atoms with Gasteiger partial charge < -0.3 is 0 Å². The summed E-state index contributed by atoms with van der Waals surface area (Å²) in [7, 11) is 0. The lowest BCUT2D eigenvalue weighted by atomic mass is 10.1. The first-order chi connectivity index (χ1) is 13.2. The standard InChI is InChI=1S/C19H11Br2F3N2OS/c20-13-5-1-11(2-6-13)15-9-17(19(22,23)24)26-18(25-15)28-10-16(27)12-3-7-14(21)8-4-12/h1-9H,10H2. The number of benzene rings is 2. The van der Waals surface area contributed by atoms with E-state index in [-0.39, 0.29) is 22.4 Å². The number of nitrogens with zero attached hydrogens (tertiary/aromatic N) is 2. The molecule has 0 aliphatic rings. The smallest absolute Gasteiger partial charge is 0.293 e. The molecule has 3 nitrogen and oxygen atoms in total. The van der Waals surface area contributed by atoms with Gasteiger partial charge in [0.1, 0.15) is 5.69 Å². The zero-order valence-electron chi connectivity index (χ0n) is 14.0. The van der Waals surface area contributed by atoms with Crippen LogP contribution in [0.3, 0.4) is 0 Å². The molecule has 0 fully saturated rings. The fourth-order valence-corrected chi connectivity index (χ4v) is 3.53. The largest absolute Gasteiger partial charge is 0.433 e. The van der Waals surface area contributed by atoms with Crippen molar-refractivity contribution < 1.29 is 18.0 Å². The van der Waals surface area contributed by atoms with E-state index in [1.165, 1.54) is 0 Å². The van der Waals surface area contributed by atoms with E-state index < -0.39 is 11.9 Å². The molecule has 1 aromatic heterocycles. The monoisotopic (exact) mass is 530 g/mol. The molecule has 3 aromatic rings.